The van der Waals surface area contributed by atoms with Crippen LogP contribution in [0.2, 0.25) is 0 Å². The van der Waals surface area contributed by atoms with Gasteiger partial charge in [-0.3, -0.25) is 0 Å². The Bertz CT molecular complexity index is 1560. The Hall–Kier alpha value is -4.16. The molecule has 0 spiro atoms. The van der Waals surface area contributed by atoms with Crippen LogP contribution in [0.5, 0.6) is 0 Å². The van der Waals surface area contributed by atoms with Gasteiger partial charge in [-0.1, -0.05) is 154 Å². The molecule has 0 fully saturated rings. The van der Waals surface area contributed by atoms with E-state index in [2.05, 4.69) is 169 Å². The largest absolute Gasteiger partial charge is 0.0630 e. The highest BCUT2D eigenvalue weighted by Gasteiger charge is 2.15. The van der Waals surface area contributed by atoms with Crippen LogP contribution in [0.4, 0.5) is 0 Å². The third kappa shape index (κ3) is 6.84. The molecule has 0 bridgehead atoms. The first-order chi connectivity index (χ1) is 18.9. The van der Waals surface area contributed by atoms with Crippen molar-refractivity contribution in [3.63, 3.8) is 0 Å². The Balaban J connectivity index is 0.000000246. The monoisotopic (exact) mass is 508 g/mol. The quantitative estimate of drug-likeness (QED) is 0.204. The molecular formula is C39H40. The van der Waals surface area contributed by atoms with E-state index in [1.165, 1.54) is 60.5 Å². The Labute approximate surface area is 235 Å². The lowest BCUT2D eigenvalue weighted by Gasteiger charge is -2.17. The number of rotatable bonds is 2. The van der Waals surface area contributed by atoms with Crippen LogP contribution in [-0.4, -0.2) is 0 Å². The molecule has 0 saturated heterocycles. The van der Waals surface area contributed by atoms with Gasteiger partial charge in [0.1, 0.15) is 0 Å². The van der Waals surface area contributed by atoms with Crippen molar-refractivity contribution in [1.29, 1.82) is 0 Å². The lowest BCUT2D eigenvalue weighted by atomic mass is 9.86. The van der Waals surface area contributed by atoms with Crippen molar-refractivity contribution < 1.29 is 0 Å². The lowest BCUT2D eigenvalue weighted by molar-refractivity contribution is 0.737. The van der Waals surface area contributed by atoms with Crippen molar-refractivity contribution >= 4 is 21.5 Å². The number of benzene rings is 6. The molecule has 6 aromatic rings. The first kappa shape index (κ1) is 27.9. The van der Waals surface area contributed by atoms with Gasteiger partial charge in [0.25, 0.3) is 0 Å². The number of hydrogen-bond acceptors (Lipinski definition) is 0. The third-order valence-corrected chi connectivity index (χ3v) is 6.76. The summed E-state index contributed by atoms with van der Waals surface area (Å²) in [5, 5.41) is 5.22. The summed E-state index contributed by atoms with van der Waals surface area (Å²) in [5.74, 6) is 0.833. The molecule has 0 saturated carbocycles. The topological polar surface area (TPSA) is 0 Å². The average molecular weight is 509 g/mol. The molecule has 0 unspecified atom stereocenters. The molecule has 0 amide bonds. The SMILES string of the molecule is CC(C)C.Cc1ccc(-c2c3ccccc3c(-c3ccccc3)c3ccccc23)cc1.Cc1ccccc1C. The predicted octanol–water partition coefficient (Wildman–Crippen LogP) is 11.6. The smallest absolute Gasteiger partial charge is 0.00264 e. The van der Waals surface area contributed by atoms with Crippen molar-refractivity contribution in [2.75, 3.05) is 0 Å². The van der Waals surface area contributed by atoms with E-state index in [-0.39, 0.29) is 0 Å². The first-order valence-electron chi connectivity index (χ1n) is 13.9. The zero-order valence-corrected chi connectivity index (χ0v) is 24.2. The summed E-state index contributed by atoms with van der Waals surface area (Å²) in [6.07, 6.45) is 0. The molecule has 0 aliphatic heterocycles. The van der Waals surface area contributed by atoms with E-state index < -0.39 is 0 Å². The van der Waals surface area contributed by atoms with E-state index in [0.717, 1.165) is 5.92 Å². The summed E-state index contributed by atoms with van der Waals surface area (Å²) in [7, 11) is 0. The van der Waals surface area contributed by atoms with Gasteiger partial charge in [0.2, 0.25) is 0 Å². The zero-order chi connectivity index (χ0) is 27.8. The molecule has 0 aromatic heterocycles. The molecule has 0 N–H and O–H groups in total. The molecule has 0 heterocycles. The van der Waals surface area contributed by atoms with Crippen LogP contribution in [0.15, 0.2) is 127 Å². The average Bonchev–Trinajstić information content (AvgIpc) is 2.94. The summed E-state index contributed by atoms with van der Waals surface area (Å²) >= 11 is 0. The van der Waals surface area contributed by atoms with Crippen LogP contribution in [0.1, 0.15) is 37.5 Å². The summed E-state index contributed by atoms with van der Waals surface area (Å²) in [6.45, 7) is 12.9. The van der Waals surface area contributed by atoms with Crippen LogP contribution >= 0.6 is 0 Å². The minimum Gasteiger partial charge on any atom is -0.0630 e. The van der Waals surface area contributed by atoms with Crippen LogP contribution in [0.3, 0.4) is 0 Å². The molecule has 0 radical (unpaired) electrons. The molecule has 196 valence electrons. The van der Waals surface area contributed by atoms with E-state index in [0.29, 0.717) is 0 Å². The minimum absolute atomic E-state index is 0.833. The second-order valence-electron chi connectivity index (χ2n) is 10.9. The van der Waals surface area contributed by atoms with Gasteiger partial charge in [-0.05, 0) is 81.6 Å². The van der Waals surface area contributed by atoms with Crippen LogP contribution < -0.4 is 0 Å². The molecular weight excluding hydrogens is 468 g/mol. The Morgan fingerprint density at radius 2 is 0.667 bits per heavy atom. The summed E-state index contributed by atoms with van der Waals surface area (Å²) in [4.78, 5) is 0. The lowest BCUT2D eigenvalue weighted by Crippen LogP contribution is -1.90. The fourth-order valence-electron chi connectivity index (χ4n) is 4.74. The van der Waals surface area contributed by atoms with E-state index in [1.807, 2.05) is 0 Å². The maximum absolute atomic E-state index is 2.25. The fourth-order valence-corrected chi connectivity index (χ4v) is 4.74. The first-order valence-corrected chi connectivity index (χ1v) is 13.9. The zero-order valence-electron chi connectivity index (χ0n) is 24.2. The van der Waals surface area contributed by atoms with E-state index in [4.69, 9.17) is 0 Å². The fraction of sp³-hybridized carbons (Fsp3) is 0.179. The van der Waals surface area contributed by atoms with Gasteiger partial charge in [-0.2, -0.15) is 0 Å². The predicted molar refractivity (Wildman–Crippen MR) is 173 cm³/mol. The van der Waals surface area contributed by atoms with Gasteiger partial charge in [0.05, 0.1) is 0 Å². The maximum Gasteiger partial charge on any atom is -0.00264 e. The van der Waals surface area contributed by atoms with Gasteiger partial charge in [-0.25, -0.2) is 0 Å². The molecule has 6 aromatic carbocycles. The Kier molecular flexibility index (Phi) is 9.34. The summed E-state index contributed by atoms with van der Waals surface area (Å²) in [5.41, 5.74) is 9.19. The highest BCUT2D eigenvalue weighted by Crippen LogP contribution is 2.43. The maximum atomic E-state index is 2.25. The molecule has 0 atom stereocenters. The third-order valence-electron chi connectivity index (χ3n) is 6.76. The summed E-state index contributed by atoms with van der Waals surface area (Å²) in [6, 6.07) is 45.5. The highest BCUT2D eigenvalue weighted by atomic mass is 14.2. The second kappa shape index (κ2) is 13.1. The van der Waals surface area contributed by atoms with Gasteiger partial charge < -0.3 is 0 Å². The van der Waals surface area contributed by atoms with Crippen LogP contribution in [0.25, 0.3) is 43.8 Å². The van der Waals surface area contributed by atoms with Crippen molar-refractivity contribution in [3.05, 3.63) is 144 Å². The normalized spacial score (nSPS) is 10.5. The van der Waals surface area contributed by atoms with Gasteiger partial charge in [0, 0.05) is 0 Å². The van der Waals surface area contributed by atoms with Crippen molar-refractivity contribution in [3.8, 4) is 22.3 Å². The van der Waals surface area contributed by atoms with Crippen molar-refractivity contribution in [2.24, 2.45) is 5.92 Å². The van der Waals surface area contributed by atoms with Gasteiger partial charge in [0.15, 0.2) is 0 Å². The minimum atomic E-state index is 0.833. The Morgan fingerprint density at radius 3 is 1.03 bits per heavy atom. The number of aryl methyl sites for hydroxylation is 3. The van der Waals surface area contributed by atoms with E-state index in [1.54, 1.807) is 0 Å². The summed E-state index contributed by atoms with van der Waals surface area (Å²) < 4.78 is 0. The Morgan fingerprint density at radius 1 is 0.359 bits per heavy atom. The molecule has 0 nitrogen and oxygen atoms in total. The van der Waals surface area contributed by atoms with Gasteiger partial charge >= 0.3 is 0 Å². The van der Waals surface area contributed by atoms with Gasteiger partial charge in [-0.15, -0.1) is 0 Å². The van der Waals surface area contributed by atoms with E-state index >= 15 is 0 Å². The highest BCUT2D eigenvalue weighted by molar-refractivity contribution is 6.21. The molecule has 39 heavy (non-hydrogen) atoms. The van der Waals surface area contributed by atoms with E-state index in [9.17, 15) is 0 Å². The van der Waals surface area contributed by atoms with Crippen molar-refractivity contribution in [2.45, 2.75) is 41.5 Å². The molecule has 6 rings (SSSR count). The number of fused-ring (bicyclic) bond motifs is 2. The number of hydrogen-bond donors (Lipinski definition) is 0. The van der Waals surface area contributed by atoms with Crippen LogP contribution in [-0.2, 0) is 0 Å². The molecule has 0 aliphatic carbocycles. The second-order valence-corrected chi connectivity index (χ2v) is 10.9. The van der Waals surface area contributed by atoms with Crippen molar-refractivity contribution in [1.82, 2.24) is 0 Å². The van der Waals surface area contributed by atoms with Crippen LogP contribution in [0, 0.1) is 26.7 Å². The molecule has 0 heteroatoms. The standard InChI is InChI=1S/C27H20.C8H10.C4H10/c1-19-15-17-21(18-16-19)27-24-13-7-5-11-22(24)26(20-9-3-2-4-10-20)23-12-6-8-14-25(23)27;1-7-5-3-4-6-8(7)2;1-4(2)3/h2-18H,1H3;3-6H,1-2H3;4H,1-3H3. The molecule has 0 aliphatic rings.